The molecule has 1 aliphatic heterocycles. The van der Waals surface area contributed by atoms with Crippen LogP contribution in [0.1, 0.15) is 23.6 Å². The number of hydrogen-bond acceptors (Lipinski definition) is 1. The summed E-state index contributed by atoms with van der Waals surface area (Å²) >= 11 is 0. The Balaban J connectivity index is 1.61. The molecule has 1 N–H and O–H groups in total. The minimum atomic E-state index is 0.00473. The fourth-order valence-electron chi connectivity index (χ4n) is 3.14. The predicted molar refractivity (Wildman–Crippen MR) is 90.4 cm³/mol. The zero-order valence-electron chi connectivity index (χ0n) is 13.2. The number of amides is 2. The van der Waals surface area contributed by atoms with Gasteiger partial charge in [-0.25, -0.2) is 4.79 Å². The minimum Gasteiger partial charge on any atom is -0.337 e. The number of rotatable bonds is 3. The summed E-state index contributed by atoms with van der Waals surface area (Å²) in [6.07, 6.45) is 1.79. The zero-order valence-corrected chi connectivity index (χ0v) is 13.2. The van der Waals surface area contributed by atoms with E-state index >= 15 is 0 Å². The molecule has 2 aromatic rings. The second kappa shape index (κ2) is 6.22. The van der Waals surface area contributed by atoms with Gasteiger partial charge in [0.25, 0.3) is 0 Å². The quantitative estimate of drug-likeness (QED) is 0.920. The minimum absolute atomic E-state index is 0.00473. The number of carbonyl (C=O) groups is 1. The lowest BCUT2D eigenvalue weighted by Gasteiger charge is -2.23. The van der Waals surface area contributed by atoms with Crippen LogP contribution in [0.4, 0.5) is 10.5 Å². The van der Waals surface area contributed by atoms with Gasteiger partial charge in [0.05, 0.1) is 0 Å². The second-order valence-electron chi connectivity index (χ2n) is 6.02. The average molecular weight is 294 g/mol. The van der Waals surface area contributed by atoms with E-state index in [-0.39, 0.29) is 12.1 Å². The number of carbonyl (C=O) groups excluding carboxylic acids is 1. The van der Waals surface area contributed by atoms with E-state index in [2.05, 4.69) is 49.5 Å². The van der Waals surface area contributed by atoms with Gasteiger partial charge in [0.1, 0.15) is 0 Å². The molecule has 0 spiro atoms. The molecular formula is C19H22N2O. The van der Waals surface area contributed by atoms with Crippen molar-refractivity contribution < 1.29 is 4.79 Å². The normalized spacial score (nSPS) is 16.5. The molecule has 114 valence electrons. The molecule has 1 unspecified atom stereocenters. The molecule has 0 bridgehead atoms. The van der Waals surface area contributed by atoms with E-state index < -0.39 is 0 Å². The van der Waals surface area contributed by atoms with E-state index in [0.717, 1.165) is 18.5 Å². The average Bonchev–Trinajstić information content (AvgIpc) is 2.83. The summed E-state index contributed by atoms with van der Waals surface area (Å²) in [5.41, 5.74) is 4.81. The maximum atomic E-state index is 12.5. The van der Waals surface area contributed by atoms with Crippen LogP contribution >= 0.6 is 0 Å². The van der Waals surface area contributed by atoms with Crippen LogP contribution in [0.2, 0.25) is 0 Å². The first-order chi connectivity index (χ1) is 10.6. The summed E-state index contributed by atoms with van der Waals surface area (Å²) in [7, 11) is 0. The molecule has 1 heterocycles. The first-order valence-electron chi connectivity index (χ1n) is 7.85. The fourth-order valence-corrected chi connectivity index (χ4v) is 3.14. The van der Waals surface area contributed by atoms with E-state index in [0.29, 0.717) is 6.54 Å². The summed E-state index contributed by atoms with van der Waals surface area (Å²) in [5.74, 6) is 0. The van der Waals surface area contributed by atoms with Gasteiger partial charge in [-0.3, -0.25) is 4.90 Å². The summed E-state index contributed by atoms with van der Waals surface area (Å²) in [4.78, 5) is 14.4. The first-order valence-corrected chi connectivity index (χ1v) is 7.85. The number of benzene rings is 2. The summed E-state index contributed by atoms with van der Waals surface area (Å²) in [6, 6.07) is 16.8. The van der Waals surface area contributed by atoms with E-state index in [1.807, 2.05) is 23.1 Å². The molecule has 0 aliphatic carbocycles. The maximum Gasteiger partial charge on any atom is 0.322 e. The molecule has 0 radical (unpaired) electrons. The highest BCUT2D eigenvalue weighted by molar-refractivity contribution is 5.94. The van der Waals surface area contributed by atoms with E-state index in [1.54, 1.807) is 0 Å². The van der Waals surface area contributed by atoms with Gasteiger partial charge in [-0.2, -0.15) is 0 Å². The number of para-hydroxylation sites is 1. The molecule has 0 aromatic heterocycles. The number of aryl methyl sites for hydroxylation is 1. The topological polar surface area (TPSA) is 32.3 Å². The van der Waals surface area contributed by atoms with Gasteiger partial charge in [0, 0.05) is 18.3 Å². The largest absolute Gasteiger partial charge is 0.337 e. The molecular weight excluding hydrogens is 272 g/mol. The lowest BCUT2D eigenvalue weighted by atomic mass is 10.1. The third-order valence-corrected chi connectivity index (χ3v) is 4.20. The standard InChI is InChI=1S/C19H22N2O/c1-14-6-5-7-16(12-14)10-11-20-19(22)21-15(2)13-17-8-3-4-9-18(17)21/h3-9,12,15H,10-11,13H2,1-2H3,(H,20,22). The van der Waals surface area contributed by atoms with E-state index in [4.69, 9.17) is 0 Å². The SMILES string of the molecule is Cc1cccc(CCNC(=O)N2c3ccccc3CC2C)c1. The molecule has 2 amide bonds. The number of urea groups is 1. The highest BCUT2D eigenvalue weighted by Gasteiger charge is 2.30. The highest BCUT2D eigenvalue weighted by Crippen LogP contribution is 2.31. The lowest BCUT2D eigenvalue weighted by molar-refractivity contribution is 0.245. The van der Waals surface area contributed by atoms with Gasteiger partial charge in [0.15, 0.2) is 0 Å². The number of nitrogens with one attached hydrogen (secondary N) is 1. The molecule has 1 aliphatic rings. The number of hydrogen-bond donors (Lipinski definition) is 1. The molecule has 0 saturated heterocycles. The van der Waals surface area contributed by atoms with Crippen molar-refractivity contribution in [1.82, 2.24) is 5.32 Å². The second-order valence-corrected chi connectivity index (χ2v) is 6.02. The predicted octanol–water partition coefficient (Wildman–Crippen LogP) is 3.70. The van der Waals surface area contributed by atoms with E-state index in [9.17, 15) is 4.79 Å². The van der Waals surface area contributed by atoms with Crippen LogP contribution in [0.15, 0.2) is 48.5 Å². The Labute approximate surface area is 132 Å². The smallest absolute Gasteiger partial charge is 0.322 e. The van der Waals surface area contributed by atoms with Crippen LogP contribution in [0.3, 0.4) is 0 Å². The van der Waals surface area contributed by atoms with Crippen molar-refractivity contribution in [3.05, 3.63) is 65.2 Å². The molecule has 1 atom stereocenters. The van der Waals surface area contributed by atoms with E-state index in [1.165, 1.54) is 16.7 Å². The Bertz CT molecular complexity index is 681. The third-order valence-electron chi connectivity index (χ3n) is 4.20. The molecule has 0 saturated carbocycles. The number of fused-ring (bicyclic) bond motifs is 1. The van der Waals surface area contributed by atoms with Crippen LogP contribution in [0, 0.1) is 6.92 Å². The summed E-state index contributed by atoms with van der Waals surface area (Å²) in [5, 5.41) is 3.05. The maximum absolute atomic E-state index is 12.5. The van der Waals surface area contributed by atoms with Crippen molar-refractivity contribution >= 4 is 11.7 Å². The Hall–Kier alpha value is -2.29. The number of anilines is 1. The molecule has 0 fully saturated rings. The van der Waals surface area contributed by atoms with Gasteiger partial charge in [0.2, 0.25) is 0 Å². The van der Waals surface area contributed by atoms with Crippen molar-refractivity contribution in [1.29, 1.82) is 0 Å². The van der Waals surface area contributed by atoms with Crippen molar-refractivity contribution in [3.8, 4) is 0 Å². The van der Waals surface area contributed by atoms with Gasteiger partial charge >= 0.3 is 6.03 Å². The van der Waals surface area contributed by atoms with Gasteiger partial charge < -0.3 is 5.32 Å². The first kappa shape index (κ1) is 14.6. The highest BCUT2D eigenvalue weighted by atomic mass is 16.2. The van der Waals surface area contributed by atoms with Crippen LogP contribution < -0.4 is 10.2 Å². The summed E-state index contributed by atoms with van der Waals surface area (Å²) < 4.78 is 0. The van der Waals surface area contributed by atoms with Gasteiger partial charge in [-0.15, -0.1) is 0 Å². The Morgan fingerprint density at radius 1 is 1.23 bits per heavy atom. The lowest BCUT2D eigenvalue weighted by Crippen LogP contribution is -2.43. The molecule has 3 heteroatoms. The zero-order chi connectivity index (χ0) is 15.5. The molecule has 2 aromatic carbocycles. The number of nitrogens with zero attached hydrogens (tertiary/aromatic N) is 1. The van der Waals surface area contributed by atoms with Crippen LogP contribution in [0.5, 0.6) is 0 Å². The molecule has 3 rings (SSSR count). The van der Waals surface area contributed by atoms with Crippen LogP contribution in [-0.4, -0.2) is 18.6 Å². The molecule has 3 nitrogen and oxygen atoms in total. The van der Waals surface area contributed by atoms with Crippen LogP contribution in [-0.2, 0) is 12.8 Å². The monoisotopic (exact) mass is 294 g/mol. The summed E-state index contributed by atoms with van der Waals surface area (Å²) in [6.45, 7) is 4.85. The van der Waals surface area contributed by atoms with Crippen molar-refractivity contribution in [2.24, 2.45) is 0 Å². The van der Waals surface area contributed by atoms with Crippen molar-refractivity contribution in [2.75, 3.05) is 11.4 Å². The Kier molecular flexibility index (Phi) is 4.14. The Morgan fingerprint density at radius 2 is 2.05 bits per heavy atom. The van der Waals surface area contributed by atoms with Gasteiger partial charge in [-0.05, 0) is 43.9 Å². The van der Waals surface area contributed by atoms with Crippen LogP contribution in [0.25, 0.3) is 0 Å². The van der Waals surface area contributed by atoms with Crippen molar-refractivity contribution in [2.45, 2.75) is 32.7 Å². The fraction of sp³-hybridized carbons (Fsp3) is 0.316. The Morgan fingerprint density at radius 3 is 2.86 bits per heavy atom. The third kappa shape index (κ3) is 2.98. The van der Waals surface area contributed by atoms with Crippen molar-refractivity contribution in [3.63, 3.8) is 0 Å². The van der Waals surface area contributed by atoms with Gasteiger partial charge in [-0.1, -0.05) is 48.0 Å². The molecule has 22 heavy (non-hydrogen) atoms.